The van der Waals surface area contributed by atoms with Crippen molar-refractivity contribution < 1.29 is 18.7 Å². The van der Waals surface area contributed by atoms with Crippen LogP contribution in [-0.4, -0.2) is 17.1 Å². The molecular weight excluding hydrogens is 300 g/mol. The van der Waals surface area contributed by atoms with Crippen LogP contribution in [0.1, 0.15) is 40.2 Å². The second kappa shape index (κ2) is 6.46. The minimum atomic E-state index is -0.936. The van der Waals surface area contributed by atoms with E-state index in [0.717, 1.165) is 24.5 Å². The fraction of sp³-hybridized carbons (Fsp3) is 0.278. The molecule has 0 aromatic heterocycles. The lowest BCUT2D eigenvalue weighted by molar-refractivity contribution is 0.0697. The topological polar surface area (TPSA) is 49.3 Å². The lowest BCUT2D eigenvalue weighted by Crippen LogP contribution is -2.39. The molecule has 3 nitrogen and oxygen atoms in total. The van der Waals surface area contributed by atoms with Crippen molar-refractivity contribution >= 4 is 5.97 Å². The number of rotatable bonds is 5. The number of aromatic carboxylic acids is 1. The van der Waals surface area contributed by atoms with Gasteiger partial charge >= 0.3 is 5.97 Å². The first kappa shape index (κ1) is 15.6. The van der Waals surface area contributed by atoms with Gasteiger partial charge in [0.25, 0.3) is 0 Å². The molecule has 2 aromatic carbocycles. The summed E-state index contributed by atoms with van der Waals surface area (Å²) in [5.74, 6) is -1.81. The summed E-state index contributed by atoms with van der Waals surface area (Å²) in [6.45, 7) is 0.648. The van der Waals surface area contributed by atoms with E-state index in [4.69, 9.17) is 5.11 Å². The van der Waals surface area contributed by atoms with E-state index >= 15 is 0 Å². The van der Waals surface area contributed by atoms with E-state index in [-0.39, 0.29) is 11.5 Å². The maximum absolute atomic E-state index is 13.2. The summed E-state index contributed by atoms with van der Waals surface area (Å²) >= 11 is 0. The number of carbonyl (C=O) groups is 1. The average Bonchev–Trinajstić information content (AvgIpc) is 2.45. The van der Waals surface area contributed by atoms with Crippen LogP contribution in [-0.2, 0) is 6.54 Å². The summed E-state index contributed by atoms with van der Waals surface area (Å²) in [7, 11) is 0. The van der Waals surface area contributed by atoms with E-state index in [9.17, 15) is 13.6 Å². The molecule has 0 spiro atoms. The van der Waals surface area contributed by atoms with Crippen molar-refractivity contribution in [2.24, 2.45) is 0 Å². The fourth-order valence-corrected chi connectivity index (χ4v) is 2.89. The fourth-order valence-electron chi connectivity index (χ4n) is 2.89. The van der Waals surface area contributed by atoms with Gasteiger partial charge in [-0.05, 0) is 54.2 Å². The molecule has 0 atom stereocenters. The van der Waals surface area contributed by atoms with Gasteiger partial charge in [-0.15, -0.1) is 0 Å². The van der Waals surface area contributed by atoms with Crippen molar-refractivity contribution in [1.82, 2.24) is 5.32 Å². The van der Waals surface area contributed by atoms with Gasteiger partial charge in [-0.2, -0.15) is 0 Å². The molecule has 0 heterocycles. The van der Waals surface area contributed by atoms with E-state index < -0.39 is 17.6 Å². The SMILES string of the molecule is O=C(O)c1ccc(CNC2CC(c3cc(F)cc(F)c3)C2)cc1. The van der Waals surface area contributed by atoms with Crippen molar-refractivity contribution in [2.75, 3.05) is 0 Å². The summed E-state index contributed by atoms with van der Waals surface area (Å²) in [6, 6.07) is 10.7. The normalized spacial score (nSPS) is 20.1. The predicted octanol–water partition coefficient (Wildman–Crippen LogP) is 3.70. The Bertz CT molecular complexity index is 689. The highest BCUT2D eigenvalue weighted by atomic mass is 19.1. The Balaban J connectivity index is 1.49. The monoisotopic (exact) mass is 317 g/mol. The number of hydrogen-bond donors (Lipinski definition) is 2. The van der Waals surface area contributed by atoms with Gasteiger partial charge in [0, 0.05) is 18.7 Å². The summed E-state index contributed by atoms with van der Waals surface area (Å²) in [5, 5.41) is 12.2. The number of hydrogen-bond acceptors (Lipinski definition) is 2. The van der Waals surface area contributed by atoms with Crippen molar-refractivity contribution in [3.05, 3.63) is 70.8 Å². The summed E-state index contributed by atoms with van der Waals surface area (Å²) in [4.78, 5) is 10.8. The zero-order valence-corrected chi connectivity index (χ0v) is 12.4. The maximum atomic E-state index is 13.2. The Morgan fingerprint density at radius 1 is 1.09 bits per heavy atom. The molecule has 0 saturated heterocycles. The minimum absolute atomic E-state index is 0.187. The van der Waals surface area contributed by atoms with Gasteiger partial charge < -0.3 is 10.4 Å². The second-order valence-corrected chi connectivity index (χ2v) is 5.95. The summed E-state index contributed by atoms with van der Waals surface area (Å²) in [5.41, 5.74) is 1.99. The minimum Gasteiger partial charge on any atom is -0.478 e. The third kappa shape index (κ3) is 3.74. The Kier molecular flexibility index (Phi) is 4.39. The Morgan fingerprint density at radius 3 is 2.26 bits per heavy atom. The number of carboxylic acid groups (broad SMARTS) is 1. The third-order valence-corrected chi connectivity index (χ3v) is 4.29. The zero-order chi connectivity index (χ0) is 16.4. The van der Waals surface area contributed by atoms with Gasteiger partial charge in [0.15, 0.2) is 0 Å². The first-order valence-electron chi connectivity index (χ1n) is 7.53. The molecule has 1 saturated carbocycles. The number of nitrogens with one attached hydrogen (secondary N) is 1. The van der Waals surface area contributed by atoms with E-state index in [0.29, 0.717) is 18.2 Å². The molecule has 0 aliphatic heterocycles. The van der Waals surface area contributed by atoms with Crippen molar-refractivity contribution in [2.45, 2.75) is 31.3 Å². The van der Waals surface area contributed by atoms with Gasteiger partial charge in [0.1, 0.15) is 11.6 Å². The van der Waals surface area contributed by atoms with E-state index in [1.54, 1.807) is 24.3 Å². The summed E-state index contributed by atoms with van der Waals surface area (Å²) in [6.07, 6.45) is 1.69. The molecule has 3 rings (SSSR count). The van der Waals surface area contributed by atoms with Crippen LogP contribution < -0.4 is 5.32 Å². The van der Waals surface area contributed by atoms with Crippen LogP contribution in [0.3, 0.4) is 0 Å². The average molecular weight is 317 g/mol. The first-order valence-corrected chi connectivity index (χ1v) is 7.53. The molecule has 0 amide bonds. The van der Waals surface area contributed by atoms with Crippen LogP contribution in [0.2, 0.25) is 0 Å². The highest BCUT2D eigenvalue weighted by Crippen LogP contribution is 2.37. The molecule has 1 aliphatic carbocycles. The van der Waals surface area contributed by atoms with Crippen LogP contribution in [0, 0.1) is 11.6 Å². The van der Waals surface area contributed by atoms with Crippen molar-refractivity contribution in [1.29, 1.82) is 0 Å². The Labute approximate surface area is 133 Å². The van der Waals surface area contributed by atoms with Crippen LogP contribution in [0.5, 0.6) is 0 Å². The lowest BCUT2D eigenvalue weighted by atomic mass is 9.76. The third-order valence-electron chi connectivity index (χ3n) is 4.29. The zero-order valence-electron chi connectivity index (χ0n) is 12.4. The lowest BCUT2D eigenvalue weighted by Gasteiger charge is -2.36. The molecular formula is C18H17F2NO2. The molecule has 0 bridgehead atoms. The summed E-state index contributed by atoms with van der Waals surface area (Å²) < 4.78 is 26.4. The predicted molar refractivity (Wildman–Crippen MR) is 82.4 cm³/mol. The van der Waals surface area contributed by atoms with Gasteiger partial charge in [0.2, 0.25) is 0 Å². The van der Waals surface area contributed by atoms with Gasteiger partial charge in [0.05, 0.1) is 5.56 Å². The molecule has 1 fully saturated rings. The van der Waals surface area contributed by atoms with Crippen LogP contribution in [0.15, 0.2) is 42.5 Å². The second-order valence-electron chi connectivity index (χ2n) is 5.95. The number of carboxylic acids is 1. The maximum Gasteiger partial charge on any atom is 0.335 e. The standard InChI is InChI=1S/C18H17F2NO2/c19-15-5-13(6-16(20)9-15)14-7-17(8-14)21-10-11-1-3-12(4-2-11)18(22)23/h1-6,9,14,17,21H,7-8,10H2,(H,22,23). The molecule has 0 unspecified atom stereocenters. The molecule has 0 radical (unpaired) electrons. The highest BCUT2D eigenvalue weighted by molar-refractivity contribution is 5.87. The largest absolute Gasteiger partial charge is 0.478 e. The molecule has 23 heavy (non-hydrogen) atoms. The van der Waals surface area contributed by atoms with E-state index in [1.165, 1.54) is 12.1 Å². The van der Waals surface area contributed by atoms with Crippen LogP contribution >= 0.6 is 0 Å². The Morgan fingerprint density at radius 2 is 1.70 bits per heavy atom. The smallest absolute Gasteiger partial charge is 0.335 e. The number of benzene rings is 2. The van der Waals surface area contributed by atoms with Gasteiger partial charge in [-0.1, -0.05) is 12.1 Å². The van der Waals surface area contributed by atoms with Gasteiger partial charge in [-0.25, -0.2) is 13.6 Å². The van der Waals surface area contributed by atoms with Gasteiger partial charge in [-0.3, -0.25) is 0 Å². The van der Waals surface area contributed by atoms with Crippen molar-refractivity contribution in [3.63, 3.8) is 0 Å². The highest BCUT2D eigenvalue weighted by Gasteiger charge is 2.30. The Hall–Kier alpha value is -2.27. The van der Waals surface area contributed by atoms with E-state index in [2.05, 4.69) is 5.32 Å². The quantitative estimate of drug-likeness (QED) is 0.884. The van der Waals surface area contributed by atoms with Crippen LogP contribution in [0.4, 0.5) is 8.78 Å². The van der Waals surface area contributed by atoms with Crippen molar-refractivity contribution in [3.8, 4) is 0 Å². The molecule has 2 aromatic rings. The first-order chi connectivity index (χ1) is 11.0. The number of halogens is 2. The molecule has 120 valence electrons. The molecule has 5 heteroatoms. The van der Waals surface area contributed by atoms with E-state index in [1.807, 2.05) is 0 Å². The molecule has 2 N–H and O–H groups in total. The molecule has 1 aliphatic rings. The van der Waals surface area contributed by atoms with Crippen LogP contribution in [0.25, 0.3) is 0 Å².